The monoisotopic (exact) mass is 358 g/mol. The van der Waals surface area contributed by atoms with E-state index in [4.69, 9.17) is 0 Å². The molecule has 2 aromatic carbocycles. The summed E-state index contributed by atoms with van der Waals surface area (Å²) in [6.07, 6.45) is 0. The molecule has 0 bridgehead atoms. The van der Waals surface area contributed by atoms with Crippen molar-refractivity contribution >= 4 is 17.5 Å². The minimum absolute atomic E-state index is 0.202. The van der Waals surface area contributed by atoms with E-state index in [1.165, 1.54) is 0 Å². The van der Waals surface area contributed by atoms with Crippen LogP contribution in [0.5, 0.6) is 0 Å². The summed E-state index contributed by atoms with van der Waals surface area (Å²) < 4.78 is 40.2. The van der Waals surface area contributed by atoms with Crippen LogP contribution in [0.4, 0.5) is 30.6 Å². The molecule has 0 atom stereocenters. The molecule has 134 valence electrons. The summed E-state index contributed by atoms with van der Waals surface area (Å²) >= 11 is 0. The molecule has 0 aliphatic heterocycles. The van der Waals surface area contributed by atoms with Crippen LogP contribution in [0.1, 0.15) is 16.8 Å². The van der Waals surface area contributed by atoms with Crippen molar-refractivity contribution in [3.8, 4) is 0 Å². The van der Waals surface area contributed by atoms with Crippen LogP contribution < -0.4 is 10.6 Å². The molecule has 1 aromatic heterocycles. The smallest absolute Gasteiger partial charge is 0.225 e. The van der Waals surface area contributed by atoms with Gasteiger partial charge in [0.1, 0.15) is 5.82 Å². The molecule has 0 amide bonds. The fraction of sp³-hybridized carbons (Fsp3) is 0.158. The van der Waals surface area contributed by atoms with Crippen molar-refractivity contribution in [3.05, 3.63) is 76.7 Å². The third-order valence-corrected chi connectivity index (χ3v) is 3.85. The highest BCUT2D eigenvalue weighted by Crippen LogP contribution is 2.23. The van der Waals surface area contributed by atoms with E-state index in [1.54, 1.807) is 13.0 Å². The molecule has 1 heterocycles. The number of hydrogen-bond acceptors (Lipinski definition) is 4. The molecule has 7 heteroatoms. The lowest BCUT2D eigenvalue weighted by Crippen LogP contribution is -2.08. The summed E-state index contributed by atoms with van der Waals surface area (Å²) in [5, 5.41) is 5.77. The third kappa shape index (κ3) is 3.93. The summed E-state index contributed by atoms with van der Waals surface area (Å²) in [4.78, 5) is 8.53. The lowest BCUT2D eigenvalue weighted by molar-refractivity contribution is 0.449. The zero-order chi connectivity index (χ0) is 18.7. The van der Waals surface area contributed by atoms with E-state index in [0.29, 0.717) is 18.2 Å². The Morgan fingerprint density at radius 1 is 0.923 bits per heavy atom. The third-order valence-electron chi connectivity index (χ3n) is 3.85. The number of nitrogens with zero attached hydrogens (tertiary/aromatic N) is 2. The predicted molar refractivity (Wildman–Crippen MR) is 94.9 cm³/mol. The Kier molecular flexibility index (Phi) is 5.06. The second-order valence-corrected chi connectivity index (χ2v) is 5.85. The number of rotatable bonds is 5. The van der Waals surface area contributed by atoms with Crippen LogP contribution in [0.25, 0.3) is 0 Å². The van der Waals surface area contributed by atoms with Crippen LogP contribution in [0.15, 0.2) is 42.5 Å². The summed E-state index contributed by atoms with van der Waals surface area (Å²) in [5.41, 5.74) is 2.67. The first-order valence-corrected chi connectivity index (χ1v) is 7.98. The molecule has 3 rings (SSSR count). The van der Waals surface area contributed by atoms with Crippen LogP contribution in [-0.2, 0) is 6.54 Å². The molecule has 26 heavy (non-hydrogen) atoms. The fourth-order valence-corrected chi connectivity index (χ4v) is 2.45. The summed E-state index contributed by atoms with van der Waals surface area (Å²) in [7, 11) is 0. The molecule has 3 aromatic rings. The Morgan fingerprint density at radius 2 is 1.69 bits per heavy atom. The van der Waals surface area contributed by atoms with Crippen LogP contribution in [0.2, 0.25) is 0 Å². The minimum atomic E-state index is -1.53. The molecule has 0 radical (unpaired) electrons. The second-order valence-electron chi connectivity index (χ2n) is 5.85. The van der Waals surface area contributed by atoms with E-state index in [9.17, 15) is 13.2 Å². The zero-order valence-electron chi connectivity index (χ0n) is 14.3. The standard InChI is InChI=1S/C19H17F3N4/c1-11-5-3-4-6-13(11)10-23-19-24-12(2)9-16(26-19)25-15-8-7-14(20)17(21)18(15)22/h3-9H,10H2,1-2H3,(H2,23,24,25,26). The maximum atomic E-state index is 13.8. The van der Waals surface area contributed by atoms with Gasteiger partial charge in [-0.3, -0.25) is 0 Å². The first-order valence-electron chi connectivity index (χ1n) is 7.98. The van der Waals surface area contributed by atoms with Gasteiger partial charge in [-0.25, -0.2) is 18.2 Å². The van der Waals surface area contributed by atoms with E-state index in [2.05, 4.69) is 20.6 Å². The van der Waals surface area contributed by atoms with Gasteiger partial charge in [0.25, 0.3) is 0 Å². The van der Waals surface area contributed by atoms with Gasteiger partial charge in [-0.1, -0.05) is 24.3 Å². The van der Waals surface area contributed by atoms with Gasteiger partial charge in [-0.2, -0.15) is 4.98 Å². The molecular formula is C19H17F3N4. The maximum absolute atomic E-state index is 13.8. The average Bonchev–Trinajstić information content (AvgIpc) is 2.61. The zero-order valence-corrected chi connectivity index (χ0v) is 14.3. The topological polar surface area (TPSA) is 49.8 Å². The molecule has 0 saturated heterocycles. The Labute approximate surface area is 149 Å². The Morgan fingerprint density at radius 3 is 2.46 bits per heavy atom. The predicted octanol–water partition coefficient (Wildman–Crippen LogP) is 4.87. The van der Waals surface area contributed by atoms with Gasteiger partial charge in [0, 0.05) is 18.3 Å². The van der Waals surface area contributed by atoms with Gasteiger partial charge >= 0.3 is 0 Å². The van der Waals surface area contributed by atoms with Crippen molar-refractivity contribution in [2.24, 2.45) is 0 Å². The van der Waals surface area contributed by atoms with Crippen molar-refractivity contribution in [1.82, 2.24) is 9.97 Å². The molecule has 0 unspecified atom stereocenters. The Bertz CT molecular complexity index is 944. The normalized spacial score (nSPS) is 10.7. The highest BCUT2D eigenvalue weighted by Gasteiger charge is 2.14. The number of benzene rings is 2. The quantitative estimate of drug-likeness (QED) is 0.639. The SMILES string of the molecule is Cc1cc(Nc2ccc(F)c(F)c2F)nc(NCc2ccccc2C)n1. The molecular weight excluding hydrogens is 341 g/mol. The van der Waals surface area contributed by atoms with Crippen molar-refractivity contribution in [2.75, 3.05) is 10.6 Å². The highest BCUT2D eigenvalue weighted by atomic mass is 19.2. The Balaban J connectivity index is 1.80. The number of aryl methyl sites for hydroxylation is 2. The van der Waals surface area contributed by atoms with Crippen LogP contribution in [0, 0.1) is 31.3 Å². The van der Waals surface area contributed by atoms with Gasteiger partial charge in [-0.15, -0.1) is 0 Å². The first kappa shape index (κ1) is 17.7. The van der Waals surface area contributed by atoms with Crippen molar-refractivity contribution in [2.45, 2.75) is 20.4 Å². The molecule has 0 aliphatic carbocycles. The molecule has 0 saturated carbocycles. The van der Waals surface area contributed by atoms with Gasteiger partial charge < -0.3 is 10.6 Å². The average molecular weight is 358 g/mol. The Hall–Kier alpha value is -3.09. The van der Waals surface area contributed by atoms with Crippen molar-refractivity contribution < 1.29 is 13.2 Å². The van der Waals surface area contributed by atoms with E-state index < -0.39 is 17.5 Å². The van der Waals surface area contributed by atoms with Crippen LogP contribution >= 0.6 is 0 Å². The van der Waals surface area contributed by atoms with Crippen LogP contribution in [0.3, 0.4) is 0 Å². The minimum Gasteiger partial charge on any atom is -0.350 e. The highest BCUT2D eigenvalue weighted by molar-refractivity contribution is 5.58. The number of aromatic nitrogens is 2. The van der Waals surface area contributed by atoms with E-state index >= 15 is 0 Å². The fourth-order valence-electron chi connectivity index (χ4n) is 2.45. The largest absolute Gasteiger partial charge is 0.350 e. The van der Waals surface area contributed by atoms with E-state index in [1.807, 2.05) is 31.2 Å². The molecule has 4 nitrogen and oxygen atoms in total. The number of halogens is 3. The van der Waals surface area contributed by atoms with Gasteiger partial charge in [0.05, 0.1) is 5.69 Å². The number of nitrogens with one attached hydrogen (secondary N) is 2. The molecule has 0 aliphatic rings. The van der Waals surface area contributed by atoms with E-state index in [0.717, 1.165) is 23.3 Å². The molecule has 0 spiro atoms. The van der Waals surface area contributed by atoms with Crippen molar-refractivity contribution in [1.29, 1.82) is 0 Å². The maximum Gasteiger partial charge on any atom is 0.225 e. The molecule has 2 N–H and O–H groups in total. The summed E-state index contributed by atoms with van der Waals surface area (Å²) in [6.45, 7) is 4.29. The van der Waals surface area contributed by atoms with Gasteiger partial charge in [0.15, 0.2) is 17.5 Å². The van der Waals surface area contributed by atoms with E-state index in [-0.39, 0.29) is 11.5 Å². The van der Waals surface area contributed by atoms with Crippen molar-refractivity contribution in [3.63, 3.8) is 0 Å². The first-order chi connectivity index (χ1) is 12.4. The number of anilines is 3. The molecule has 0 fully saturated rings. The summed E-state index contributed by atoms with van der Waals surface area (Å²) in [6, 6.07) is 11.5. The summed E-state index contributed by atoms with van der Waals surface area (Å²) in [5.74, 6) is -3.45. The number of hydrogen-bond donors (Lipinski definition) is 2. The van der Waals surface area contributed by atoms with Gasteiger partial charge in [-0.05, 0) is 37.1 Å². The lowest BCUT2D eigenvalue weighted by Gasteiger charge is -2.12. The van der Waals surface area contributed by atoms with Gasteiger partial charge in [0.2, 0.25) is 5.95 Å². The van der Waals surface area contributed by atoms with Crippen LogP contribution in [-0.4, -0.2) is 9.97 Å². The lowest BCUT2D eigenvalue weighted by atomic mass is 10.1. The second kappa shape index (κ2) is 7.43.